The molecule has 0 fully saturated rings. The zero-order chi connectivity index (χ0) is 11.0. The van der Waals surface area contributed by atoms with E-state index in [1.54, 1.807) is 6.07 Å². The summed E-state index contributed by atoms with van der Waals surface area (Å²) >= 11 is 5.48. The van der Waals surface area contributed by atoms with Gasteiger partial charge in [-0.25, -0.2) is 0 Å². The predicted molar refractivity (Wildman–Crippen MR) is 60.7 cm³/mol. The number of Topliss-reactive ketones (excluding diaryl/α,β-unsaturated/α-hetero) is 1. The van der Waals surface area contributed by atoms with E-state index >= 15 is 0 Å². The Morgan fingerprint density at radius 3 is 2.73 bits per heavy atom. The number of alkyl halides is 1. The fourth-order valence-corrected chi connectivity index (χ4v) is 1.85. The monoisotopic (exact) mass is 222 g/mol. The van der Waals surface area contributed by atoms with Crippen LogP contribution in [0.25, 0.3) is 11.0 Å². The van der Waals surface area contributed by atoms with Crippen LogP contribution in [0.4, 0.5) is 0 Å². The van der Waals surface area contributed by atoms with Crippen molar-refractivity contribution in [1.29, 1.82) is 0 Å². The Hall–Kier alpha value is -1.28. The van der Waals surface area contributed by atoms with E-state index in [2.05, 4.69) is 0 Å². The van der Waals surface area contributed by atoms with Gasteiger partial charge < -0.3 is 4.42 Å². The Bertz CT molecular complexity index is 526. The average Bonchev–Trinajstić information content (AvgIpc) is 2.60. The molecular formula is C12H11ClO2. The number of carbonyl (C=O) groups is 1. The van der Waals surface area contributed by atoms with Crippen molar-refractivity contribution in [2.24, 2.45) is 0 Å². The minimum absolute atomic E-state index is 0.0438. The van der Waals surface area contributed by atoms with Crippen LogP contribution in [0.15, 0.2) is 22.6 Å². The van der Waals surface area contributed by atoms with E-state index in [4.69, 9.17) is 16.0 Å². The second-order valence-electron chi connectivity index (χ2n) is 3.67. The Morgan fingerprint density at radius 1 is 1.33 bits per heavy atom. The highest BCUT2D eigenvalue weighted by Gasteiger charge is 2.12. The van der Waals surface area contributed by atoms with E-state index < -0.39 is 0 Å². The quantitative estimate of drug-likeness (QED) is 0.575. The summed E-state index contributed by atoms with van der Waals surface area (Å²) in [4.78, 5) is 11.4. The minimum atomic E-state index is -0.176. The largest absolute Gasteiger partial charge is 0.453 e. The molecule has 2 rings (SSSR count). The predicted octanol–water partition coefficient (Wildman–Crippen LogP) is 3.47. The number of halogens is 1. The second-order valence-corrected chi connectivity index (χ2v) is 3.93. The van der Waals surface area contributed by atoms with Gasteiger partial charge >= 0.3 is 0 Å². The Labute approximate surface area is 92.8 Å². The van der Waals surface area contributed by atoms with Gasteiger partial charge in [-0.1, -0.05) is 11.6 Å². The molecule has 0 spiro atoms. The zero-order valence-corrected chi connectivity index (χ0v) is 9.39. The number of furan rings is 1. The maximum atomic E-state index is 11.4. The molecule has 1 heterocycles. The van der Waals surface area contributed by atoms with Gasteiger partial charge in [-0.15, -0.1) is 11.6 Å². The van der Waals surface area contributed by atoms with Gasteiger partial charge in [0.15, 0.2) is 5.76 Å². The average molecular weight is 223 g/mol. The summed E-state index contributed by atoms with van der Waals surface area (Å²) in [5.74, 6) is 0.122. The lowest BCUT2D eigenvalue weighted by molar-refractivity contribution is 0.0992. The second kappa shape index (κ2) is 3.70. The van der Waals surface area contributed by atoms with Crippen molar-refractivity contribution in [3.63, 3.8) is 0 Å². The smallest absolute Gasteiger partial charge is 0.212 e. The van der Waals surface area contributed by atoms with Gasteiger partial charge in [0.05, 0.1) is 5.88 Å². The topological polar surface area (TPSA) is 30.2 Å². The number of ketones is 1. The molecule has 0 saturated carbocycles. The molecule has 15 heavy (non-hydrogen) atoms. The van der Waals surface area contributed by atoms with Gasteiger partial charge in [-0.2, -0.15) is 0 Å². The van der Waals surface area contributed by atoms with Crippen molar-refractivity contribution in [2.75, 3.05) is 5.88 Å². The van der Waals surface area contributed by atoms with Crippen LogP contribution >= 0.6 is 11.6 Å². The van der Waals surface area contributed by atoms with E-state index in [0.717, 1.165) is 22.1 Å². The highest BCUT2D eigenvalue weighted by molar-refractivity contribution is 6.30. The molecular weight excluding hydrogens is 212 g/mol. The van der Waals surface area contributed by atoms with Gasteiger partial charge in [0.2, 0.25) is 5.78 Å². The van der Waals surface area contributed by atoms with Crippen molar-refractivity contribution < 1.29 is 9.21 Å². The maximum Gasteiger partial charge on any atom is 0.212 e. The normalized spacial score (nSPS) is 10.9. The summed E-state index contributed by atoms with van der Waals surface area (Å²) in [5, 5.41) is 0.959. The van der Waals surface area contributed by atoms with Gasteiger partial charge in [-0.3, -0.25) is 4.79 Å². The number of aryl methyl sites for hydroxylation is 2. The fourth-order valence-electron chi connectivity index (χ4n) is 1.72. The highest BCUT2D eigenvalue weighted by atomic mass is 35.5. The molecule has 0 saturated heterocycles. The third kappa shape index (κ3) is 1.77. The first-order valence-electron chi connectivity index (χ1n) is 4.72. The molecule has 0 radical (unpaired) electrons. The van der Waals surface area contributed by atoms with Crippen LogP contribution in [0.1, 0.15) is 21.7 Å². The lowest BCUT2D eigenvalue weighted by atomic mass is 10.1. The van der Waals surface area contributed by atoms with Crippen LogP contribution in [0.3, 0.4) is 0 Å². The number of hydrogen-bond acceptors (Lipinski definition) is 2. The molecule has 0 N–H and O–H groups in total. The standard InChI is InChI=1S/C12H11ClO2/c1-7-3-8(2)12-9(4-7)5-11(15-12)10(14)6-13/h3-5H,6H2,1-2H3. The lowest BCUT2D eigenvalue weighted by Gasteiger charge is -1.96. The third-order valence-corrected chi connectivity index (χ3v) is 2.59. The molecule has 1 aromatic carbocycles. The van der Waals surface area contributed by atoms with Gasteiger partial charge in [0.25, 0.3) is 0 Å². The lowest BCUT2D eigenvalue weighted by Crippen LogP contribution is -1.96. The highest BCUT2D eigenvalue weighted by Crippen LogP contribution is 2.24. The number of benzene rings is 1. The first kappa shape index (κ1) is 10.2. The van der Waals surface area contributed by atoms with Crippen molar-refractivity contribution >= 4 is 28.4 Å². The fraction of sp³-hybridized carbons (Fsp3) is 0.250. The molecule has 3 heteroatoms. The minimum Gasteiger partial charge on any atom is -0.453 e. The number of rotatable bonds is 2. The molecule has 2 nitrogen and oxygen atoms in total. The van der Waals surface area contributed by atoms with Gasteiger partial charge in [-0.05, 0) is 31.5 Å². The summed E-state index contributed by atoms with van der Waals surface area (Å²) in [6, 6.07) is 5.78. The van der Waals surface area contributed by atoms with E-state index in [1.165, 1.54) is 0 Å². The molecule has 0 atom stereocenters. The third-order valence-electron chi connectivity index (χ3n) is 2.34. The molecule has 0 bridgehead atoms. The Morgan fingerprint density at radius 2 is 2.07 bits per heavy atom. The number of fused-ring (bicyclic) bond motifs is 1. The summed E-state index contributed by atoms with van der Waals surface area (Å²) in [6.45, 7) is 3.98. The molecule has 0 aliphatic rings. The summed E-state index contributed by atoms with van der Waals surface area (Å²) in [5.41, 5.74) is 2.97. The molecule has 0 amide bonds. The molecule has 0 unspecified atom stereocenters. The van der Waals surface area contributed by atoms with Crippen molar-refractivity contribution in [3.8, 4) is 0 Å². The molecule has 1 aromatic heterocycles. The summed E-state index contributed by atoms with van der Waals surface area (Å²) < 4.78 is 5.47. The molecule has 2 aromatic rings. The van der Waals surface area contributed by atoms with Crippen LogP contribution < -0.4 is 0 Å². The van der Waals surface area contributed by atoms with Crippen molar-refractivity contribution in [3.05, 3.63) is 35.1 Å². The van der Waals surface area contributed by atoms with E-state index in [0.29, 0.717) is 5.76 Å². The van der Waals surface area contributed by atoms with Gasteiger partial charge in [0.1, 0.15) is 5.58 Å². The van der Waals surface area contributed by atoms with Gasteiger partial charge in [0, 0.05) is 5.39 Å². The number of carbonyl (C=O) groups excluding carboxylic acids is 1. The molecule has 78 valence electrons. The molecule has 0 aliphatic heterocycles. The molecule has 0 aliphatic carbocycles. The van der Waals surface area contributed by atoms with Crippen molar-refractivity contribution in [1.82, 2.24) is 0 Å². The summed E-state index contributed by atoms with van der Waals surface area (Å²) in [7, 11) is 0. The van der Waals surface area contributed by atoms with E-state index in [9.17, 15) is 4.79 Å². The summed E-state index contributed by atoms with van der Waals surface area (Å²) in [6.07, 6.45) is 0. The van der Waals surface area contributed by atoms with Crippen LogP contribution in [-0.2, 0) is 0 Å². The van der Waals surface area contributed by atoms with Crippen LogP contribution in [0.5, 0.6) is 0 Å². The number of hydrogen-bond donors (Lipinski definition) is 0. The zero-order valence-electron chi connectivity index (χ0n) is 8.63. The first-order chi connectivity index (χ1) is 7.11. The SMILES string of the molecule is Cc1cc(C)c2oc(C(=O)CCl)cc2c1. The Kier molecular flexibility index (Phi) is 2.53. The maximum absolute atomic E-state index is 11.4. The van der Waals surface area contributed by atoms with Crippen LogP contribution in [-0.4, -0.2) is 11.7 Å². The first-order valence-corrected chi connectivity index (χ1v) is 5.25. The van der Waals surface area contributed by atoms with E-state index in [1.807, 2.05) is 26.0 Å². The van der Waals surface area contributed by atoms with Crippen LogP contribution in [0, 0.1) is 13.8 Å². The van der Waals surface area contributed by atoms with E-state index in [-0.39, 0.29) is 11.7 Å². The Balaban J connectivity index is 2.65. The van der Waals surface area contributed by atoms with Crippen LogP contribution in [0.2, 0.25) is 0 Å². The van der Waals surface area contributed by atoms with Crippen molar-refractivity contribution in [2.45, 2.75) is 13.8 Å².